The molecule has 0 rings (SSSR count). The lowest BCUT2D eigenvalue weighted by Gasteiger charge is -2.49. The maximum atomic E-state index is 11.3. The highest BCUT2D eigenvalue weighted by atomic mass is 16.4. The molecule has 0 amide bonds. The molecule has 6 heteroatoms. The molecule has 0 radical (unpaired) electrons. The zero-order chi connectivity index (χ0) is 16.9. The molecule has 2 atom stereocenters. The van der Waals surface area contributed by atoms with Crippen LogP contribution in [0.4, 0.5) is 0 Å². The van der Waals surface area contributed by atoms with Gasteiger partial charge >= 0.3 is 5.97 Å². The van der Waals surface area contributed by atoms with Gasteiger partial charge in [-0.15, -0.1) is 0 Å². The predicted molar refractivity (Wildman–Crippen MR) is 77.8 cm³/mol. The molecule has 6 nitrogen and oxygen atoms in total. The average Bonchev–Trinajstić information content (AvgIpc) is 2.07. The number of rotatable bonds is 3. The first kappa shape index (κ1) is 21.2. The van der Waals surface area contributed by atoms with Crippen LogP contribution in [0.5, 0.6) is 0 Å². The summed E-state index contributed by atoms with van der Waals surface area (Å²) in [4.78, 5) is 22.1. The molecule has 2 unspecified atom stereocenters. The van der Waals surface area contributed by atoms with E-state index in [0.29, 0.717) is 0 Å². The molecule has 120 valence electrons. The molecule has 0 aliphatic heterocycles. The fraction of sp³-hybridized carbons (Fsp3) is 0.857. The third-order valence-electron chi connectivity index (χ3n) is 2.43. The van der Waals surface area contributed by atoms with Crippen LogP contribution in [0.15, 0.2) is 0 Å². The molecule has 20 heavy (non-hydrogen) atoms. The van der Waals surface area contributed by atoms with Gasteiger partial charge in [0.25, 0.3) is 5.97 Å². The molecule has 0 aromatic carbocycles. The molecular formula is C14H29NO5. The van der Waals surface area contributed by atoms with E-state index in [1.165, 1.54) is 6.92 Å². The standard InChI is InChI=1S/C12H25NO3.C2H4O2/c1-8(14)9(10(15)16)13(11(2,3)4)12(5,6)7;1-2(3)4/h8-9,14H,1-7H3,(H,15,16);1H3,(H,3,4). The van der Waals surface area contributed by atoms with Crippen molar-refractivity contribution in [2.75, 3.05) is 0 Å². The molecule has 0 saturated heterocycles. The van der Waals surface area contributed by atoms with Crippen LogP contribution in [-0.4, -0.2) is 55.4 Å². The topological polar surface area (TPSA) is 98.1 Å². The molecule has 0 aliphatic rings. The first-order chi connectivity index (χ1) is 8.62. The van der Waals surface area contributed by atoms with Gasteiger partial charge in [0.1, 0.15) is 6.04 Å². The van der Waals surface area contributed by atoms with E-state index in [9.17, 15) is 15.0 Å². The van der Waals surface area contributed by atoms with Crippen molar-refractivity contribution in [2.24, 2.45) is 0 Å². The highest BCUT2D eigenvalue weighted by Crippen LogP contribution is 2.29. The Labute approximate surface area is 121 Å². The Bertz CT molecular complexity index is 307. The van der Waals surface area contributed by atoms with Crippen LogP contribution >= 0.6 is 0 Å². The molecule has 0 heterocycles. The summed E-state index contributed by atoms with van der Waals surface area (Å²) < 4.78 is 0. The maximum absolute atomic E-state index is 11.3. The zero-order valence-corrected chi connectivity index (χ0v) is 13.8. The van der Waals surface area contributed by atoms with Crippen molar-refractivity contribution in [1.82, 2.24) is 4.90 Å². The van der Waals surface area contributed by atoms with E-state index in [0.717, 1.165) is 6.92 Å². The second-order valence-corrected chi connectivity index (χ2v) is 6.75. The number of hydrogen-bond acceptors (Lipinski definition) is 4. The van der Waals surface area contributed by atoms with Gasteiger partial charge in [0.15, 0.2) is 0 Å². The van der Waals surface area contributed by atoms with Crippen LogP contribution in [0.1, 0.15) is 55.4 Å². The summed E-state index contributed by atoms with van der Waals surface area (Å²) >= 11 is 0. The van der Waals surface area contributed by atoms with E-state index in [2.05, 4.69) is 0 Å². The number of carboxylic acids is 2. The van der Waals surface area contributed by atoms with Crippen molar-refractivity contribution >= 4 is 11.9 Å². The summed E-state index contributed by atoms with van der Waals surface area (Å²) in [6.07, 6.45) is -0.907. The van der Waals surface area contributed by atoms with E-state index in [-0.39, 0.29) is 11.1 Å². The normalized spacial score (nSPS) is 15.1. The highest BCUT2D eigenvalue weighted by Gasteiger charge is 2.42. The van der Waals surface area contributed by atoms with E-state index < -0.39 is 24.1 Å². The zero-order valence-electron chi connectivity index (χ0n) is 13.8. The van der Waals surface area contributed by atoms with E-state index in [1.54, 1.807) is 0 Å². The van der Waals surface area contributed by atoms with Crippen molar-refractivity contribution < 1.29 is 24.9 Å². The summed E-state index contributed by atoms with van der Waals surface area (Å²) in [5.74, 6) is -1.82. The Morgan fingerprint density at radius 1 is 0.950 bits per heavy atom. The summed E-state index contributed by atoms with van der Waals surface area (Å²) in [5, 5.41) is 26.3. The Kier molecular flexibility index (Phi) is 8.03. The minimum absolute atomic E-state index is 0.321. The van der Waals surface area contributed by atoms with Crippen molar-refractivity contribution in [3.63, 3.8) is 0 Å². The Morgan fingerprint density at radius 3 is 1.25 bits per heavy atom. The largest absolute Gasteiger partial charge is 0.481 e. The Morgan fingerprint density at radius 2 is 1.20 bits per heavy atom. The Balaban J connectivity index is 0. The van der Waals surface area contributed by atoms with Gasteiger partial charge in [-0.25, -0.2) is 0 Å². The minimum Gasteiger partial charge on any atom is -0.481 e. The number of aliphatic hydroxyl groups is 1. The predicted octanol–water partition coefficient (Wildman–Crippen LogP) is 1.81. The van der Waals surface area contributed by atoms with Crippen LogP contribution in [0.2, 0.25) is 0 Å². The fourth-order valence-electron chi connectivity index (χ4n) is 2.37. The lowest BCUT2D eigenvalue weighted by Crippen LogP contribution is -2.63. The quantitative estimate of drug-likeness (QED) is 0.733. The second-order valence-electron chi connectivity index (χ2n) is 6.75. The molecule has 0 saturated carbocycles. The van der Waals surface area contributed by atoms with Gasteiger partial charge in [0.2, 0.25) is 0 Å². The van der Waals surface area contributed by atoms with Gasteiger partial charge in [-0.3, -0.25) is 14.5 Å². The molecule has 0 aromatic rings. The van der Waals surface area contributed by atoms with Gasteiger partial charge in [-0.1, -0.05) is 0 Å². The van der Waals surface area contributed by atoms with Crippen LogP contribution in [0.25, 0.3) is 0 Å². The number of aliphatic carboxylic acids is 2. The molecule has 0 fully saturated rings. The number of carboxylic acid groups (broad SMARTS) is 2. The minimum atomic E-state index is -0.986. The van der Waals surface area contributed by atoms with Crippen LogP contribution in [0.3, 0.4) is 0 Å². The van der Waals surface area contributed by atoms with Crippen molar-refractivity contribution in [3.8, 4) is 0 Å². The van der Waals surface area contributed by atoms with E-state index in [4.69, 9.17) is 9.90 Å². The summed E-state index contributed by atoms with van der Waals surface area (Å²) in [6, 6.07) is -0.889. The summed E-state index contributed by atoms with van der Waals surface area (Å²) in [7, 11) is 0. The lowest BCUT2D eigenvalue weighted by atomic mass is 9.91. The highest BCUT2D eigenvalue weighted by molar-refractivity contribution is 5.74. The van der Waals surface area contributed by atoms with E-state index >= 15 is 0 Å². The fourth-order valence-corrected chi connectivity index (χ4v) is 2.37. The first-order valence-electron chi connectivity index (χ1n) is 6.52. The number of hydrogen-bond donors (Lipinski definition) is 3. The van der Waals surface area contributed by atoms with Gasteiger partial charge in [0.05, 0.1) is 6.10 Å². The average molecular weight is 291 g/mol. The molecule has 0 spiro atoms. The second kappa shape index (κ2) is 7.59. The summed E-state index contributed by atoms with van der Waals surface area (Å²) in [6.45, 7) is 14.3. The van der Waals surface area contributed by atoms with Gasteiger partial charge in [0, 0.05) is 18.0 Å². The SMILES string of the molecule is CC(=O)O.CC(O)C(C(=O)O)N(C(C)(C)C)C(C)(C)C. The molecule has 0 aromatic heterocycles. The first-order valence-corrected chi connectivity index (χ1v) is 6.52. The van der Waals surface area contributed by atoms with Crippen LogP contribution in [-0.2, 0) is 9.59 Å². The molecule has 0 bridgehead atoms. The third-order valence-corrected chi connectivity index (χ3v) is 2.43. The Hall–Kier alpha value is -1.14. The van der Waals surface area contributed by atoms with Crippen LogP contribution in [0, 0.1) is 0 Å². The third kappa shape index (κ3) is 8.12. The van der Waals surface area contributed by atoms with Gasteiger partial charge in [-0.05, 0) is 48.5 Å². The maximum Gasteiger partial charge on any atom is 0.323 e. The van der Waals surface area contributed by atoms with Gasteiger partial charge in [-0.2, -0.15) is 0 Å². The lowest BCUT2D eigenvalue weighted by molar-refractivity contribution is -0.156. The smallest absolute Gasteiger partial charge is 0.323 e. The van der Waals surface area contributed by atoms with Gasteiger partial charge < -0.3 is 15.3 Å². The number of nitrogens with zero attached hydrogens (tertiary/aromatic N) is 1. The van der Waals surface area contributed by atoms with Crippen LogP contribution < -0.4 is 0 Å². The molecule has 0 aliphatic carbocycles. The monoisotopic (exact) mass is 291 g/mol. The van der Waals surface area contributed by atoms with E-state index in [1.807, 2.05) is 46.4 Å². The van der Waals surface area contributed by atoms with Crippen molar-refractivity contribution in [1.29, 1.82) is 0 Å². The molecular weight excluding hydrogens is 262 g/mol. The number of carbonyl (C=O) groups is 2. The summed E-state index contributed by atoms with van der Waals surface area (Å²) in [5.41, 5.74) is -0.642. The number of aliphatic hydroxyl groups excluding tert-OH is 1. The van der Waals surface area contributed by atoms with Crippen molar-refractivity contribution in [2.45, 2.75) is 78.6 Å². The molecule has 3 N–H and O–H groups in total. The van der Waals surface area contributed by atoms with Crippen molar-refractivity contribution in [3.05, 3.63) is 0 Å².